The molecule has 92 valence electrons. The van der Waals surface area contributed by atoms with Gasteiger partial charge in [-0.25, -0.2) is 0 Å². The van der Waals surface area contributed by atoms with E-state index in [1.54, 1.807) is 7.11 Å². The summed E-state index contributed by atoms with van der Waals surface area (Å²) >= 11 is 5.82. The van der Waals surface area contributed by atoms with Crippen molar-refractivity contribution in [3.8, 4) is 0 Å². The number of nitrogens with zero attached hydrogens (tertiary/aromatic N) is 3. The van der Waals surface area contributed by atoms with Crippen LogP contribution in [0, 0.1) is 0 Å². The van der Waals surface area contributed by atoms with E-state index in [0.717, 1.165) is 37.5 Å². The third-order valence-electron chi connectivity index (χ3n) is 2.65. The van der Waals surface area contributed by atoms with Gasteiger partial charge in [-0.05, 0) is 19.8 Å². The normalized spacial score (nSPS) is 13.0. The highest BCUT2D eigenvalue weighted by Crippen LogP contribution is 2.10. The number of hydrogen-bond donors (Lipinski definition) is 0. The minimum atomic E-state index is 0.256. The molecular weight excluding hydrogens is 226 g/mol. The van der Waals surface area contributed by atoms with E-state index < -0.39 is 0 Å². The van der Waals surface area contributed by atoms with Crippen LogP contribution in [0.4, 0.5) is 0 Å². The number of methoxy groups -OCH3 is 1. The predicted octanol–water partition coefficient (Wildman–Crippen LogP) is 2.39. The minimum absolute atomic E-state index is 0.256. The van der Waals surface area contributed by atoms with Crippen molar-refractivity contribution in [1.82, 2.24) is 14.8 Å². The zero-order valence-corrected chi connectivity index (χ0v) is 11.0. The van der Waals surface area contributed by atoms with Crippen LogP contribution in [0.3, 0.4) is 0 Å². The van der Waals surface area contributed by atoms with E-state index >= 15 is 0 Å². The van der Waals surface area contributed by atoms with E-state index in [2.05, 4.69) is 28.6 Å². The van der Waals surface area contributed by atoms with Gasteiger partial charge in [-0.3, -0.25) is 0 Å². The molecule has 0 fully saturated rings. The van der Waals surface area contributed by atoms with Gasteiger partial charge in [-0.1, -0.05) is 6.92 Å². The molecule has 0 aliphatic heterocycles. The Morgan fingerprint density at radius 3 is 2.62 bits per heavy atom. The Kier molecular flexibility index (Phi) is 5.77. The first-order chi connectivity index (χ1) is 7.72. The maximum atomic E-state index is 5.82. The molecule has 1 aromatic rings. The van der Waals surface area contributed by atoms with E-state index in [9.17, 15) is 0 Å². The number of aromatic nitrogens is 3. The molecule has 5 heteroatoms. The van der Waals surface area contributed by atoms with Crippen LogP contribution in [-0.2, 0) is 23.6 Å². The lowest BCUT2D eigenvalue weighted by Crippen LogP contribution is -2.11. The molecule has 16 heavy (non-hydrogen) atoms. The van der Waals surface area contributed by atoms with Crippen LogP contribution in [0.1, 0.15) is 38.3 Å². The lowest BCUT2D eigenvalue weighted by Gasteiger charge is -2.10. The van der Waals surface area contributed by atoms with Crippen molar-refractivity contribution in [3.63, 3.8) is 0 Å². The number of rotatable bonds is 7. The molecule has 1 unspecified atom stereocenters. The standard InChI is InChI=1S/C11H20ClN3O/c1-4-7-15-10(6-5-9(2)16-3)13-14-11(15)8-12/h9H,4-8H2,1-3H3. The first-order valence-corrected chi connectivity index (χ1v) is 6.26. The molecule has 0 aliphatic carbocycles. The third-order valence-corrected chi connectivity index (χ3v) is 2.89. The van der Waals surface area contributed by atoms with Gasteiger partial charge in [0.2, 0.25) is 0 Å². The Hall–Kier alpha value is -0.610. The Morgan fingerprint density at radius 1 is 1.38 bits per heavy atom. The highest BCUT2D eigenvalue weighted by Gasteiger charge is 2.11. The molecule has 0 bridgehead atoms. The highest BCUT2D eigenvalue weighted by molar-refractivity contribution is 6.16. The number of hydrogen-bond acceptors (Lipinski definition) is 3. The first kappa shape index (κ1) is 13.5. The Labute approximate surface area is 102 Å². The topological polar surface area (TPSA) is 39.9 Å². The third kappa shape index (κ3) is 3.46. The summed E-state index contributed by atoms with van der Waals surface area (Å²) in [5.41, 5.74) is 0. The van der Waals surface area contributed by atoms with Gasteiger partial charge < -0.3 is 9.30 Å². The van der Waals surface area contributed by atoms with Crippen LogP contribution in [-0.4, -0.2) is 28.0 Å². The molecule has 0 radical (unpaired) electrons. The van der Waals surface area contributed by atoms with Crippen molar-refractivity contribution in [2.24, 2.45) is 0 Å². The monoisotopic (exact) mass is 245 g/mol. The number of alkyl halides is 1. The van der Waals surface area contributed by atoms with Gasteiger partial charge in [-0.15, -0.1) is 21.8 Å². The molecule has 0 spiro atoms. The van der Waals surface area contributed by atoms with Crippen molar-refractivity contribution in [2.45, 2.75) is 51.6 Å². The van der Waals surface area contributed by atoms with Crippen LogP contribution in [0.25, 0.3) is 0 Å². The van der Waals surface area contributed by atoms with Crippen molar-refractivity contribution in [1.29, 1.82) is 0 Å². The summed E-state index contributed by atoms with van der Waals surface area (Å²) in [4.78, 5) is 0. The van der Waals surface area contributed by atoms with Gasteiger partial charge in [0.15, 0.2) is 0 Å². The van der Waals surface area contributed by atoms with Crippen LogP contribution >= 0.6 is 11.6 Å². The average molecular weight is 246 g/mol. The smallest absolute Gasteiger partial charge is 0.147 e. The van der Waals surface area contributed by atoms with Gasteiger partial charge in [0.25, 0.3) is 0 Å². The molecule has 1 atom stereocenters. The zero-order chi connectivity index (χ0) is 12.0. The Morgan fingerprint density at radius 2 is 2.06 bits per heavy atom. The lowest BCUT2D eigenvalue weighted by molar-refractivity contribution is 0.110. The Bertz CT molecular complexity index is 314. The molecule has 0 N–H and O–H groups in total. The number of aryl methyl sites for hydroxylation is 1. The quantitative estimate of drug-likeness (QED) is 0.693. The fourth-order valence-electron chi connectivity index (χ4n) is 1.59. The molecular formula is C11H20ClN3O. The van der Waals surface area contributed by atoms with Crippen molar-refractivity contribution in [3.05, 3.63) is 11.6 Å². The van der Waals surface area contributed by atoms with Gasteiger partial charge in [0.1, 0.15) is 11.6 Å². The van der Waals surface area contributed by atoms with E-state index in [1.165, 1.54) is 0 Å². The van der Waals surface area contributed by atoms with Crippen molar-refractivity contribution in [2.75, 3.05) is 7.11 Å². The van der Waals surface area contributed by atoms with Crippen LogP contribution in [0.5, 0.6) is 0 Å². The summed E-state index contributed by atoms with van der Waals surface area (Å²) in [6.45, 7) is 5.13. The second-order valence-electron chi connectivity index (χ2n) is 3.90. The fourth-order valence-corrected chi connectivity index (χ4v) is 1.79. The van der Waals surface area contributed by atoms with Crippen molar-refractivity contribution < 1.29 is 4.74 Å². The molecule has 0 saturated heterocycles. The molecule has 0 aromatic carbocycles. The lowest BCUT2D eigenvalue weighted by atomic mass is 10.2. The van der Waals surface area contributed by atoms with Crippen LogP contribution < -0.4 is 0 Å². The van der Waals surface area contributed by atoms with Crippen LogP contribution in [0.15, 0.2) is 0 Å². The summed E-state index contributed by atoms with van der Waals surface area (Å²) in [5.74, 6) is 2.30. The van der Waals surface area contributed by atoms with Gasteiger partial charge in [0.05, 0.1) is 12.0 Å². The van der Waals surface area contributed by atoms with E-state index in [1.807, 2.05) is 0 Å². The number of ether oxygens (including phenoxy) is 1. The average Bonchev–Trinajstić information content (AvgIpc) is 2.69. The first-order valence-electron chi connectivity index (χ1n) is 5.72. The van der Waals surface area contributed by atoms with E-state index in [4.69, 9.17) is 16.3 Å². The summed E-state index contributed by atoms with van der Waals surface area (Å²) in [5, 5.41) is 8.28. The maximum Gasteiger partial charge on any atom is 0.147 e. The SMILES string of the molecule is CCCn1c(CCl)nnc1CCC(C)OC. The summed E-state index contributed by atoms with van der Waals surface area (Å²) in [7, 11) is 1.73. The second kappa shape index (κ2) is 6.86. The van der Waals surface area contributed by atoms with Crippen LogP contribution in [0.2, 0.25) is 0 Å². The second-order valence-corrected chi connectivity index (χ2v) is 4.17. The molecule has 1 heterocycles. The van der Waals surface area contributed by atoms with E-state index in [0.29, 0.717) is 5.88 Å². The summed E-state index contributed by atoms with van der Waals surface area (Å²) in [6.07, 6.45) is 3.17. The van der Waals surface area contributed by atoms with Gasteiger partial charge >= 0.3 is 0 Å². The summed E-state index contributed by atoms with van der Waals surface area (Å²) < 4.78 is 7.34. The Balaban J connectivity index is 2.67. The minimum Gasteiger partial charge on any atom is -0.382 e. The van der Waals surface area contributed by atoms with Crippen molar-refractivity contribution >= 4 is 11.6 Å². The largest absolute Gasteiger partial charge is 0.382 e. The van der Waals surface area contributed by atoms with Gasteiger partial charge in [0, 0.05) is 20.1 Å². The molecule has 0 saturated carbocycles. The maximum absolute atomic E-state index is 5.82. The molecule has 1 aromatic heterocycles. The fraction of sp³-hybridized carbons (Fsp3) is 0.818. The molecule has 1 rings (SSSR count). The molecule has 0 amide bonds. The van der Waals surface area contributed by atoms with E-state index in [-0.39, 0.29) is 6.10 Å². The van der Waals surface area contributed by atoms with Gasteiger partial charge in [-0.2, -0.15) is 0 Å². The molecule has 4 nitrogen and oxygen atoms in total. The number of halogens is 1. The molecule has 0 aliphatic rings. The zero-order valence-electron chi connectivity index (χ0n) is 10.2. The highest BCUT2D eigenvalue weighted by atomic mass is 35.5. The predicted molar refractivity (Wildman–Crippen MR) is 64.7 cm³/mol. The summed E-state index contributed by atoms with van der Waals surface area (Å²) in [6, 6.07) is 0.